The van der Waals surface area contributed by atoms with Crippen LogP contribution in [0.15, 0.2) is 18.2 Å². The lowest BCUT2D eigenvalue weighted by atomic mass is 10.2. The van der Waals surface area contributed by atoms with Crippen molar-refractivity contribution in [2.45, 2.75) is 13.0 Å². The molecule has 1 aromatic rings. The van der Waals surface area contributed by atoms with E-state index in [2.05, 4.69) is 10.6 Å². The van der Waals surface area contributed by atoms with Crippen molar-refractivity contribution in [3.8, 4) is 0 Å². The Labute approximate surface area is 98.1 Å². The minimum Gasteiger partial charge on any atom is -0.393 e. The van der Waals surface area contributed by atoms with Gasteiger partial charge in [-0.25, -0.2) is 0 Å². The molecule has 1 rings (SSSR count). The number of carbonyl (C=O) groups is 1. The Morgan fingerprint density at radius 2 is 2.18 bits per heavy atom. The van der Waals surface area contributed by atoms with Crippen LogP contribution in [0.4, 0.5) is 17.1 Å². The smallest absolute Gasteiger partial charge is 0.292 e. The molecule has 1 atom stereocenters. The number of nitro groups is 1. The van der Waals surface area contributed by atoms with Gasteiger partial charge in [-0.3, -0.25) is 14.9 Å². The summed E-state index contributed by atoms with van der Waals surface area (Å²) in [5.74, 6) is -0.179. The van der Waals surface area contributed by atoms with E-state index in [0.717, 1.165) is 0 Å². The van der Waals surface area contributed by atoms with Gasteiger partial charge >= 0.3 is 0 Å². The van der Waals surface area contributed by atoms with Crippen LogP contribution in [0.3, 0.4) is 0 Å². The van der Waals surface area contributed by atoms with Gasteiger partial charge in [0.25, 0.3) is 5.69 Å². The number of hydrogen-bond acceptors (Lipinski definition) is 5. The molecule has 0 saturated carbocycles. The Balaban J connectivity index is 2.84. The van der Waals surface area contributed by atoms with Crippen LogP contribution in [-0.2, 0) is 4.79 Å². The Morgan fingerprint density at radius 1 is 1.53 bits per heavy atom. The number of nitro benzene ring substituents is 1. The van der Waals surface area contributed by atoms with Crippen LogP contribution >= 0.6 is 0 Å². The first kappa shape index (κ1) is 12.8. The Kier molecular flexibility index (Phi) is 3.86. The largest absolute Gasteiger partial charge is 0.393 e. The van der Waals surface area contributed by atoms with E-state index in [4.69, 9.17) is 5.73 Å². The minimum atomic E-state index is -0.554. The van der Waals surface area contributed by atoms with Gasteiger partial charge in [-0.05, 0) is 19.1 Å². The SMILES string of the molecule is CNC(=O)C(C)Nc1ccc([N+](=O)[O-])c(N)c1. The average molecular weight is 238 g/mol. The number of nitrogens with zero attached hydrogens (tertiary/aromatic N) is 1. The monoisotopic (exact) mass is 238 g/mol. The maximum Gasteiger partial charge on any atom is 0.292 e. The third-order valence-electron chi connectivity index (χ3n) is 2.25. The highest BCUT2D eigenvalue weighted by molar-refractivity contribution is 5.84. The third kappa shape index (κ3) is 3.07. The molecular weight excluding hydrogens is 224 g/mol. The summed E-state index contributed by atoms with van der Waals surface area (Å²) in [6.45, 7) is 1.68. The summed E-state index contributed by atoms with van der Waals surface area (Å²) in [5, 5.41) is 15.9. The molecule has 0 aliphatic rings. The molecule has 0 heterocycles. The quantitative estimate of drug-likeness (QED) is 0.406. The van der Waals surface area contributed by atoms with Crippen molar-refractivity contribution >= 4 is 23.0 Å². The summed E-state index contributed by atoms with van der Waals surface area (Å²) in [6.07, 6.45) is 0. The van der Waals surface area contributed by atoms with Gasteiger partial charge in [-0.15, -0.1) is 0 Å². The van der Waals surface area contributed by atoms with Crippen LogP contribution in [0.5, 0.6) is 0 Å². The van der Waals surface area contributed by atoms with Crippen molar-refractivity contribution in [3.05, 3.63) is 28.3 Å². The normalized spacial score (nSPS) is 11.6. The maximum atomic E-state index is 11.3. The van der Waals surface area contributed by atoms with Crippen LogP contribution < -0.4 is 16.4 Å². The summed E-state index contributed by atoms with van der Waals surface area (Å²) in [5.41, 5.74) is 5.99. The van der Waals surface area contributed by atoms with Gasteiger partial charge in [0.2, 0.25) is 5.91 Å². The van der Waals surface area contributed by atoms with E-state index < -0.39 is 11.0 Å². The van der Waals surface area contributed by atoms with Crippen molar-refractivity contribution in [2.24, 2.45) is 0 Å². The van der Waals surface area contributed by atoms with Crippen LogP contribution in [0.1, 0.15) is 6.92 Å². The van der Waals surface area contributed by atoms with Gasteiger partial charge in [0.1, 0.15) is 11.7 Å². The third-order valence-corrected chi connectivity index (χ3v) is 2.25. The molecule has 17 heavy (non-hydrogen) atoms. The lowest BCUT2D eigenvalue weighted by molar-refractivity contribution is -0.383. The van der Waals surface area contributed by atoms with Crippen molar-refractivity contribution in [1.29, 1.82) is 0 Å². The van der Waals surface area contributed by atoms with Gasteiger partial charge in [0.05, 0.1) is 4.92 Å². The number of carbonyl (C=O) groups excluding carboxylic acids is 1. The standard InChI is InChI=1S/C10H14N4O3/c1-6(10(15)12-2)13-7-3-4-9(14(16)17)8(11)5-7/h3-6,13H,11H2,1-2H3,(H,12,15). The van der Waals surface area contributed by atoms with E-state index in [0.29, 0.717) is 5.69 Å². The second kappa shape index (κ2) is 5.15. The predicted molar refractivity (Wildman–Crippen MR) is 64.7 cm³/mol. The molecule has 0 aliphatic heterocycles. The number of benzene rings is 1. The van der Waals surface area contributed by atoms with E-state index in [1.165, 1.54) is 25.2 Å². The van der Waals surface area contributed by atoms with Crippen molar-refractivity contribution in [1.82, 2.24) is 5.32 Å². The van der Waals surface area contributed by atoms with E-state index >= 15 is 0 Å². The topological polar surface area (TPSA) is 110 Å². The minimum absolute atomic E-state index is 0.0594. The Bertz CT molecular complexity index is 447. The number of hydrogen-bond donors (Lipinski definition) is 3. The highest BCUT2D eigenvalue weighted by atomic mass is 16.6. The molecule has 0 aliphatic carbocycles. The van der Waals surface area contributed by atoms with Gasteiger partial charge < -0.3 is 16.4 Å². The first-order chi connectivity index (χ1) is 7.95. The van der Waals surface area contributed by atoms with Crippen LogP contribution in [0.2, 0.25) is 0 Å². The molecule has 0 radical (unpaired) electrons. The molecule has 0 aromatic heterocycles. The molecule has 0 bridgehead atoms. The molecular formula is C10H14N4O3. The highest BCUT2D eigenvalue weighted by Gasteiger charge is 2.14. The molecule has 1 aromatic carbocycles. The summed E-state index contributed by atoms with van der Waals surface area (Å²) < 4.78 is 0. The fourth-order valence-electron chi connectivity index (χ4n) is 1.34. The van der Waals surface area contributed by atoms with Crippen molar-refractivity contribution < 1.29 is 9.72 Å². The maximum absolute atomic E-state index is 11.3. The Hall–Kier alpha value is -2.31. The first-order valence-electron chi connectivity index (χ1n) is 4.97. The van der Waals surface area contributed by atoms with E-state index in [1.54, 1.807) is 6.92 Å². The van der Waals surface area contributed by atoms with Crippen molar-refractivity contribution in [3.63, 3.8) is 0 Å². The van der Waals surface area contributed by atoms with E-state index in [1.807, 2.05) is 0 Å². The zero-order chi connectivity index (χ0) is 13.0. The van der Waals surface area contributed by atoms with Gasteiger partial charge in [0, 0.05) is 18.8 Å². The zero-order valence-corrected chi connectivity index (χ0v) is 9.56. The average Bonchev–Trinajstić information content (AvgIpc) is 2.27. The molecule has 0 saturated heterocycles. The summed E-state index contributed by atoms with van der Waals surface area (Å²) >= 11 is 0. The predicted octanol–water partition coefficient (Wildman–Crippen LogP) is 0.723. The van der Waals surface area contributed by atoms with Crippen LogP contribution in [0.25, 0.3) is 0 Å². The van der Waals surface area contributed by atoms with Gasteiger partial charge in [0.15, 0.2) is 0 Å². The van der Waals surface area contributed by atoms with E-state index in [9.17, 15) is 14.9 Å². The number of nitrogens with one attached hydrogen (secondary N) is 2. The lowest BCUT2D eigenvalue weighted by Gasteiger charge is -2.13. The fraction of sp³-hybridized carbons (Fsp3) is 0.300. The molecule has 7 nitrogen and oxygen atoms in total. The number of amides is 1. The van der Waals surface area contributed by atoms with Crippen molar-refractivity contribution in [2.75, 3.05) is 18.1 Å². The number of nitrogen functional groups attached to an aromatic ring is 1. The number of anilines is 2. The summed E-state index contributed by atoms with van der Waals surface area (Å²) in [4.78, 5) is 21.3. The number of rotatable bonds is 4. The fourth-order valence-corrected chi connectivity index (χ4v) is 1.34. The van der Waals surface area contributed by atoms with Crippen LogP contribution in [0, 0.1) is 10.1 Å². The van der Waals surface area contributed by atoms with Gasteiger partial charge in [-0.1, -0.05) is 0 Å². The molecule has 1 unspecified atom stereocenters. The second-order valence-electron chi connectivity index (χ2n) is 3.51. The lowest BCUT2D eigenvalue weighted by Crippen LogP contribution is -2.35. The Morgan fingerprint density at radius 3 is 2.65 bits per heavy atom. The molecule has 0 spiro atoms. The van der Waals surface area contributed by atoms with E-state index in [-0.39, 0.29) is 17.3 Å². The first-order valence-corrected chi connectivity index (χ1v) is 4.97. The van der Waals surface area contributed by atoms with Gasteiger partial charge in [-0.2, -0.15) is 0 Å². The molecule has 1 amide bonds. The summed E-state index contributed by atoms with van der Waals surface area (Å²) in [6, 6.07) is 3.79. The number of nitrogens with two attached hydrogens (primary N) is 1. The summed E-state index contributed by atoms with van der Waals surface area (Å²) in [7, 11) is 1.53. The molecule has 4 N–H and O–H groups in total. The van der Waals surface area contributed by atoms with Crippen LogP contribution in [-0.4, -0.2) is 23.9 Å². The number of likely N-dealkylation sites (N-methyl/N-ethyl adjacent to an activating group) is 1. The molecule has 7 heteroatoms. The highest BCUT2D eigenvalue weighted by Crippen LogP contribution is 2.24. The second-order valence-corrected chi connectivity index (χ2v) is 3.51. The zero-order valence-electron chi connectivity index (χ0n) is 9.56. The molecule has 0 fully saturated rings. The molecule has 92 valence electrons.